The molecule has 1 N–H and O–H groups in total. The molecule has 1 aromatic heterocycles. The van der Waals surface area contributed by atoms with Gasteiger partial charge in [0.05, 0.1) is 16.8 Å². The Morgan fingerprint density at radius 1 is 1.69 bits per heavy atom. The van der Waals surface area contributed by atoms with Crippen molar-refractivity contribution >= 4 is 15.9 Å². The second-order valence-electron chi connectivity index (χ2n) is 3.03. The van der Waals surface area contributed by atoms with Crippen molar-refractivity contribution in [3.63, 3.8) is 0 Å². The number of H-pyrrole nitrogens is 1. The lowest BCUT2D eigenvalue weighted by atomic mass is 10.1. The molecule has 0 spiro atoms. The third kappa shape index (κ3) is 1.81. The first-order chi connectivity index (χ1) is 6.27. The van der Waals surface area contributed by atoms with E-state index in [1.165, 1.54) is 0 Å². The van der Waals surface area contributed by atoms with Gasteiger partial charge >= 0.3 is 0 Å². The molecule has 1 aliphatic rings. The third-order valence-corrected chi connectivity index (χ3v) is 2.72. The summed E-state index contributed by atoms with van der Waals surface area (Å²) in [4.78, 5) is 11.0. The summed E-state index contributed by atoms with van der Waals surface area (Å²) in [6, 6.07) is 1.76. The molecule has 2 heterocycles. The van der Waals surface area contributed by atoms with Gasteiger partial charge in [-0.2, -0.15) is 5.10 Å². The number of nitrogens with zero attached hydrogens (tertiary/aromatic N) is 1. The molecule has 1 aliphatic heterocycles. The van der Waals surface area contributed by atoms with Crippen LogP contribution < -0.4 is 5.56 Å². The lowest BCUT2D eigenvalue weighted by Crippen LogP contribution is -2.12. The van der Waals surface area contributed by atoms with Crippen molar-refractivity contribution in [3.8, 4) is 0 Å². The molecule has 4 nitrogen and oxygen atoms in total. The quantitative estimate of drug-likeness (QED) is 0.804. The third-order valence-electron chi connectivity index (χ3n) is 2.13. The Morgan fingerprint density at radius 3 is 3.15 bits per heavy atom. The van der Waals surface area contributed by atoms with Crippen LogP contribution in [0.2, 0.25) is 0 Å². The zero-order valence-electron chi connectivity index (χ0n) is 6.92. The van der Waals surface area contributed by atoms with E-state index in [9.17, 15) is 4.79 Å². The number of hydrogen-bond donors (Lipinski definition) is 1. The fourth-order valence-electron chi connectivity index (χ4n) is 1.37. The number of rotatable bonds is 1. The van der Waals surface area contributed by atoms with Gasteiger partial charge < -0.3 is 4.74 Å². The van der Waals surface area contributed by atoms with Crippen molar-refractivity contribution in [2.75, 3.05) is 13.2 Å². The Morgan fingerprint density at radius 2 is 2.54 bits per heavy atom. The van der Waals surface area contributed by atoms with E-state index >= 15 is 0 Å². The van der Waals surface area contributed by atoms with Crippen LogP contribution in [0.25, 0.3) is 0 Å². The predicted octanol–water partition coefficient (Wildman–Crippen LogP) is 1.04. The van der Waals surface area contributed by atoms with Crippen molar-refractivity contribution in [1.29, 1.82) is 0 Å². The Balaban J connectivity index is 2.30. The Hall–Kier alpha value is -0.680. The topological polar surface area (TPSA) is 55.0 Å². The largest absolute Gasteiger partial charge is 0.381 e. The maximum atomic E-state index is 11.0. The molecule has 13 heavy (non-hydrogen) atoms. The summed E-state index contributed by atoms with van der Waals surface area (Å²) in [6.07, 6.45) is 0.978. The number of halogens is 1. The molecule has 1 aromatic rings. The summed E-state index contributed by atoms with van der Waals surface area (Å²) in [5.41, 5.74) is 0.701. The smallest absolute Gasteiger partial charge is 0.278 e. The van der Waals surface area contributed by atoms with Crippen LogP contribution in [0.15, 0.2) is 15.3 Å². The average Bonchev–Trinajstić information content (AvgIpc) is 2.62. The summed E-state index contributed by atoms with van der Waals surface area (Å²) in [5.74, 6) is 0.327. The second-order valence-corrected chi connectivity index (χ2v) is 3.88. The highest BCUT2D eigenvalue weighted by Gasteiger charge is 2.19. The molecule has 0 aromatic carbocycles. The lowest BCUT2D eigenvalue weighted by molar-refractivity contribution is 0.193. The number of hydrogen-bond acceptors (Lipinski definition) is 3. The molecule has 0 saturated carbocycles. The van der Waals surface area contributed by atoms with Crippen LogP contribution in [-0.4, -0.2) is 23.4 Å². The number of ether oxygens (including phenoxy) is 1. The molecule has 1 fully saturated rings. The maximum Gasteiger partial charge on any atom is 0.278 e. The van der Waals surface area contributed by atoms with Gasteiger partial charge in [-0.25, -0.2) is 5.10 Å². The van der Waals surface area contributed by atoms with E-state index in [0.717, 1.165) is 18.7 Å². The van der Waals surface area contributed by atoms with Gasteiger partial charge in [0.2, 0.25) is 0 Å². The van der Waals surface area contributed by atoms with Crippen molar-refractivity contribution in [2.24, 2.45) is 0 Å². The molecule has 70 valence electrons. The van der Waals surface area contributed by atoms with Gasteiger partial charge in [0.25, 0.3) is 5.56 Å². The Labute approximate surface area is 83.4 Å². The Bertz CT molecular complexity index is 357. The predicted molar refractivity (Wildman–Crippen MR) is 50.7 cm³/mol. The van der Waals surface area contributed by atoms with Gasteiger partial charge in [-0.3, -0.25) is 4.79 Å². The summed E-state index contributed by atoms with van der Waals surface area (Å²) < 4.78 is 5.77. The first kappa shape index (κ1) is 8.90. The van der Waals surface area contributed by atoms with Crippen molar-refractivity contribution in [1.82, 2.24) is 10.2 Å². The summed E-state index contributed by atoms with van der Waals surface area (Å²) in [7, 11) is 0. The lowest BCUT2D eigenvalue weighted by Gasteiger charge is -2.05. The van der Waals surface area contributed by atoms with E-state index in [1.54, 1.807) is 6.07 Å². The fourth-order valence-corrected chi connectivity index (χ4v) is 1.70. The number of aromatic amines is 1. The zero-order valence-corrected chi connectivity index (χ0v) is 8.50. The minimum Gasteiger partial charge on any atom is -0.381 e. The van der Waals surface area contributed by atoms with Crippen LogP contribution in [0.3, 0.4) is 0 Å². The van der Waals surface area contributed by atoms with Crippen molar-refractivity contribution < 1.29 is 4.74 Å². The minimum absolute atomic E-state index is 0.192. The van der Waals surface area contributed by atoms with Gasteiger partial charge in [0.1, 0.15) is 0 Å². The van der Waals surface area contributed by atoms with E-state index in [4.69, 9.17) is 4.74 Å². The van der Waals surface area contributed by atoms with Crippen LogP contribution in [0.1, 0.15) is 18.0 Å². The van der Waals surface area contributed by atoms with Crippen LogP contribution in [0, 0.1) is 0 Å². The van der Waals surface area contributed by atoms with Gasteiger partial charge in [-0.05, 0) is 28.4 Å². The molecular weight excluding hydrogens is 236 g/mol. The van der Waals surface area contributed by atoms with Crippen LogP contribution in [-0.2, 0) is 4.74 Å². The SMILES string of the molecule is O=c1[nH]nc(C2CCOC2)cc1Br. The molecule has 0 amide bonds. The normalized spacial score (nSPS) is 22.1. The van der Waals surface area contributed by atoms with E-state index in [-0.39, 0.29) is 5.56 Å². The standard InChI is InChI=1S/C8H9BrN2O2/c9-6-3-7(10-11-8(6)12)5-1-2-13-4-5/h3,5H,1-2,4H2,(H,11,12). The number of aromatic nitrogens is 2. The van der Waals surface area contributed by atoms with E-state index in [2.05, 4.69) is 26.1 Å². The minimum atomic E-state index is -0.192. The number of nitrogens with one attached hydrogen (secondary N) is 1. The molecule has 1 unspecified atom stereocenters. The first-order valence-corrected chi connectivity index (χ1v) is 4.89. The zero-order chi connectivity index (χ0) is 9.26. The molecular formula is C8H9BrN2O2. The second kappa shape index (κ2) is 3.59. The van der Waals surface area contributed by atoms with Crippen LogP contribution >= 0.6 is 15.9 Å². The van der Waals surface area contributed by atoms with E-state index in [1.807, 2.05) is 0 Å². The van der Waals surface area contributed by atoms with Crippen molar-refractivity contribution in [2.45, 2.75) is 12.3 Å². The fraction of sp³-hybridized carbons (Fsp3) is 0.500. The highest BCUT2D eigenvalue weighted by atomic mass is 79.9. The molecule has 1 saturated heterocycles. The summed E-state index contributed by atoms with van der Waals surface area (Å²) >= 11 is 3.17. The molecule has 0 bridgehead atoms. The van der Waals surface area contributed by atoms with E-state index < -0.39 is 0 Å². The van der Waals surface area contributed by atoms with E-state index in [0.29, 0.717) is 17.0 Å². The molecule has 1 atom stereocenters. The summed E-state index contributed by atoms with van der Waals surface area (Å²) in [6.45, 7) is 1.48. The van der Waals surface area contributed by atoms with Gasteiger partial charge in [-0.15, -0.1) is 0 Å². The first-order valence-electron chi connectivity index (χ1n) is 4.10. The van der Waals surface area contributed by atoms with Gasteiger partial charge in [-0.1, -0.05) is 0 Å². The highest BCUT2D eigenvalue weighted by molar-refractivity contribution is 9.10. The highest BCUT2D eigenvalue weighted by Crippen LogP contribution is 2.23. The van der Waals surface area contributed by atoms with Crippen LogP contribution in [0.4, 0.5) is 0 Å². The average molecular weight is 245 g/mol. The maximum absolute atomic E-state index is 11.0. The monoisotopic (exact) mass is 244 g/mol. The molecule has 5 heteroatoms. The van der Waals surface area contributed by atoms with Crippen molar-refractivity contribution in [3.05, 3.63) is 26.6 Å². The van der Waals surface area contributed by atoms with Gasteiger partial charge in [0.15, 0.2) is 0 Å². The molecule has 2 rings (SSSR count). The molecule has 0 aliphatic carbocycles. The molecule has 0 radical (unpaired) electrons. The van der Waals surface area contributed by atoms with Gasteiger partial charge in [0, 0.05) is 12.5 Å². The Kier molecular flexibility index (Phi) is 2.46. The van der Waals surface area contributed by atoms with Crippen LogP contribution in [0.5, 0.6) is 0 Å². The summed E-state index contributed by atoms with van der Waals surface area (Å²) in [5, 5.41) is 6.41.